The third-order valence-electron chi connectivity index (χ3n) is 2.33. The summed E-state index contributed by atoms with van der Waals surface area (Å²) in [6.07, 6.45) is -0.104. The molecule has 0 aliphatic rings. The highest BCUT2D eigenvalue weighted by atomic mass is 32.2. The summed E-state index contributed by atoms with van der Waals surface area (Å²) in [6, 6.07) is 0. The zero-order valence-corrected chi connectivity index (χ0v) is 12.3. The van der Waals surface area contributed by atoms with E-state index in [9.17, 15) is 30.0 Å². The first-order valence-corrected chi connectivity index (χ1v) is 8.81. The fourth-order valence-corrected chi connectivity index (χ4v) is 3.03. The standard InChI is InChI=1S/C10H15F3O5S2/c1-2-5-9(8-20(16,17)18)6-3-4-7-19(14,15)10(11,12)13/h9H,3-4,6-8H2,1H3,(H,16,17,18). The van der Waals surface area contributed by atoms with Crippen LogP contribution >= 0.6 is 0 Å². The molecule has 0 aromatic rings. The molecular weight excluding hydrogens is 321 g/mol. The predicted molar refractivity (Wildman–Crippen MR) is 67.0 cm³/mol. The highest BCUT2D eigenvalue weighted by Crippen LogP contribution is 2.25. The first kappa shape index (κ1) is 19.2. The summed E-state index contributed by atoms with van der Waals surface area (Å²) >= 11 is 0. The van der Waals surface area contributed by atoms with E-state index in [-0.39, 0.29) is 19.3 Å². The topological polar surface area (TPSA) is 88.5 Å². The molecule has 0 aromatic heterocycles. The van der Waals surface area contributed by atoms with Crippen LogP contribution in [0.4, 0.5) is 13.2 Å². The van der Waals surface area contributed by atoms with Gasteiger partial charge < -0.3 is 0 Å². The van der Waals surface area contributed by atoms with Crippen molar-refractivity contribution >= 4 is 20.0 Å². The van der Waals surface area contributed by atoms with Gasteiger partial charge in [-0.2, -0.15) is 21.6 Å². The van der Waals surface area contributed by atoms with E-state index in [1.807, 2.05) is 0 Å². The molecular formula is C10H15F3O5S2. The second kappa shape index (κ2) is 7.28. The fraction of sp³-hybridized carbons (Fsp3) is 0.800. The molecule has 20 heavy (non-hydrogen) atoms. The van der Waals surface area contributed by atoms with Crippen molar-refractivity contribution < 1.29 is 34.6 Å². The number of rotatable bonds is 7. The Kier molecular flexibility index (Phi) is 7.00. The lowest BCUT2D eigenvalue weighted by molar-refractivity contribution is -0.0435. The highest BCUT2D eigenvalue weighted by Gasteiger charge is 2.44. The van der Waals surface area contributed by atoms with Crippen molar-refractivity contribution in [2.24, 2.45) is 5.92 Å². The molecule has 0 saturated heterocycles. The van der Waals surface area contributed by atoms with Gasteiger partial charge in [-0.1, -0.05) is 12.3 Å². The molecule has 0 rings (SSSR count). The average Bonchev–Trinajstić information content (AvgIpc) is 2.20. The second-order valence-corrected chi connectivity index (χ2v) is 7.70. The van der Waals surface area contributed by atoms with Gasteiger partial charge in [0.05, 0.1) is 11.5 Å². The van der Waals surface area contributed by atoms with Crippen molar-refractivity contribution in [3.8, 4) is 11.8 Å². The maximum absolute atomic E-state index is 12.0. The summed E-state index contributed by atoms with van der Waals surface area (Å²) in [5.41, 5.74) is -5.27. The molecule has 0 saturated carbocycles. The van der Waals surface area contributed by atoms with Crippen LogP contribution in [0.25, 0.3) is 0 Å². The second-order valence-electron chi connectivity index (χ2n) is 4.10. The summed E-state index contributed by atoms with van der Waals surface area (Å²) in [6.45, 7) is 1.45. The molecule has 0 aromatic carbocycles. The van der Waals surface area contributed by atoms with E-state index < -0.39 is 42.9 Å². The van der Waals surface area contributed by atoms with Gasteiger partial charge >= 0.3 is 5.51 Å². The van der Waals surface area contributed by atoms with Crippen molar-refractivity contribution in [1.29, 1.82) is 0 Å². The lowest BCUT2D eigenvalue weighted by atomic mass is 10.1. The van der Waals surface area contributed by atoms with Gasteiger partial charge in [0, 0.05) is 5.92 Å². The van der Waals surface area contributed by atoms with E-state index in [1.54, 1.807) is 0 Å². The van der Waals surface area contributed by atoms with Gasteiger partial charge in [-0.3, -0.25) is 4.55 Å². The molecule has 0 radical (unpaired) electrons. The van der Waals surface area contributed by atoms with E-state index in [0.29, 0.717) is 0 Å². The van der Waals surface area contributed by atoms with Gasteiger partial charge in [0.2, 0.25) is 9.84 Å². The van der Waals surface area contributed by atoms with Gasteiger partial charge in [-0.25, -0.2) is 8.42 Å². The molecule has 0 amide bonds. The SMILES string of the molecule is CC#CC(CCCCS(=O)(=O)C(F)(F)F)CS(=O)(=O)O. The van der Waals surface area contributed by atoms with Gasteiger partial charge in [0.25, 0.3) is 10.1 Å². The molecule has 0 aliphatic carbocycles. The lowest BCUT2D eigenvalue weighted by Gasteiger charge is -2.10. The summed E-state index contributed by atoms with van der Waals surface area (Å²) in [5.74, 6) is 2.55. The molecule has 0 fully saturated rings. The van der Waals surface area contributed by atoms with E-state index >= 15 is 0 Å². The van der Waals surface area contributed by atoms with E-state index in [1.165, 1.54) is 6.92 Å². The molecule has 0 aliphatic heterocycles. The number of halogens is 3. The first-order chi connectivity index (χ1) is 8.89. The fourth-order valence-electron chi connectivity index (χ4n) is 1.45. The van der Waals surface area contributed by atoms with Crippen LogP contribution in [0.15, 0.2) is 0 Å². The van der Waals surface area contributed by atoms with Gasteiger partial charge in [-0.05, 0) is 19.8 Å². The molecule has 10 heteroatoms. The molecule has 0 heterocycles. The number of unbranched alkanes of at least 4 members (excludes halogenated alkanes) is 1. The van der Waals surface area contributed by atoms with Crippen molar-refractivity contribution in [2.75, 3.05) is 11.5 Å². The average molecular weight is 336 g/mol. The van der Waals surface area contributed by atoms with E-state index in [2.05, 4.69) is 11.8 Å². The molecule has 1 atom stereocenters. The smallest absolute Gasteiger partial charge is 0.286 e. The van der Waals surface area contributed by atoms with Crippen LogP contribution in [-0.4, -0.2) is 38.4 Å². The lowest BCUT2D eigenvalue weighted by Crippen LogP contribution is -2.26. The number of alkyl halides is 3. The third-order valence-corrected chi connectivity index (χ3v) is 4.68. The normalized spacial score (nSPS) is 14.4. The Bertz CT molecular complexity index is 566. The maximum atomic E-state index is 12.0. The largest absolute Gasteiger partial charge is 0.497 e. The minimum absolute atomic E-state index is 0.0597. The Morgan fingerprint density at radius 2 is 1.70 bits per heavy atom. The minimum atomic E-state index is -5.27. The van der Waals surface area contributed by atoms with Crippen molar-refractivity contribution in [3.63, 3.8) is 0 Å². The monoisotopic (exact) mass is 336 g/mol. The van der Waals surface area contributed by atoms with Crippen LogP contribution in [-0.2, 0) is 20.0 Å². The Hall–Kier alpha value is -0.790. The first-order valence-electron chi connectivity index (χ1n) is 5.55. The molecule has 5 nitrogen and oxygen atoms in total. The summed E-state index contributed by atoms with van der Waals surface area (Å²) in [7, 11) is -9.38. The highest BCUT2D eigenvalue weighted by molar-refractivity contribution is 7.92. The van der Waals surface area contributed by atoms with Crippen molar-refractivity contribution in [1.82, 2.24) is 0 Å². The van der Waals surface area contributed by atoms with Crippen LogP contribution < -0.4 is 0 Å². The Morgan fingerprint density at radius 3 is 2.10 bits per heavy atom. The maximum Gasteiger partial charge on any atom is 0.497 e. The third kappa shape index (κ3) is 7.72. The van der Waals surface area contributed by atoms with Crippen LogP contribution in [0.1, 0.15) is 26.2 Å². The van der Waals surface area contributed by atoms with Gasteiger partial charge in [0.15, 0.2) is 0 Å². The zero-order valence-electron chi connectivity index (χ0n) is 10.6. The van der Waals surface area contributed by atoms with Crippen molar-refractivity contribution in [2.45, 2.75) is 31.7 Å². The molecule has 118 valence electrons. The summed E-state index contributed by atoms with van der Waals surface area (Å²) in [5, 5.41) is 0. The summed E-state index contributed by atoms with van der Waals surface area (Å²) < 4.78 is 87.7. The number of hydrogen-bond donors (Lipinski definition) is 1. The molecule has 1 N–H and O–H groups in total. The molecule has 1 unspecified atom stereocenters. The van der Waals surface area contributed by atoms with Crippen LogP contribution in [0, 0.1) is 17.8 Å². The zero-order chi connectivity index (χ0) is 16.0. The number of hydrogen-bond acceptors (Lipinski definition) is 4. The van der Waals surface area contributed by atoms with E-state index in [4.69, 9.17) is 4.55 Å². The van der Waals surface area contributed by atoms with E-state index in [0.717, 1.165) is 0 Å². The molecule has 0 spiro atoms. The van der Waals surface area contributed by atoms with Crippen LogP contribution in [0.3, 0.4) is 0 Å². The van der Waals surface area contributed by atoms with Crippen LogP contribution in [0.5, 0.6) is 0 Å². The van der Waals surface area contributed by atoms with Crippen LogP contribution in [0.2, 0.25) is 0 Å². The minimum Gasteiger partial charge on any atom is -0.286 e. The van der Waals surface area contributed by atoms with Gasteiger partial charge in [-0.15, -0.1) is 5.92 Å². The number of sulfone groups is 1. The van der Waals surface area contributed by atoms with Gasteiger partial charge in [0.1, 0.15) is 0 Å². The van der Waals surface area contributed by atoms with Crippen molar-refractivity contribution in [3.05, 3.63) is 0 Å². The Morgan fingerprint density at radius 1 is 1.15 bits per heavy atom. The summed E-state index contributed by atoms with van der Waals surface area (Å²) in [4.78, 5) is 0. The Balaban J connectivity index is 4.37. The molecule has 0 bridgehead atoms. The predicted octanol–water partition coefficient (Wildman–Crippen LogP) is 1.62. The quantitative estimate of drug-likeness (QED) is 0.433. The Labute approximate surface area is 116 Å².